The van der Waals surface area contributed by atoms with Crippen molar-refractivity contribution in [2.75, 3.05) is 19.3 Å². The van der Waals surface area contributed by atoms with Crippen LogP contribution in [0.1, 0.15) is 36.0 Å². The van der Waals surface area contributed by atoms with Crippen molar-refractivity contribution < 1.29 is 4.79 Å². The van der Waals surface area contributed by atoms with Gasteiger partial charge in [0.05, 0.1) is 10.6 Å². The average molecular weight is 308 g/mol. The molecule has 2 saturated heterocycles. The monoisotopic (exact) mass is 307 g/mol. The summed E-state index contributed by atoms with van der Waals surface area (Å²) in [6.07, 6.45) is 4.93. The number of carbonyl (C=O) groups excluding carboxylic acids is 1. The Morgan fingerprint density at radius 1 is 1.38 bits per heavy atom. The number of anilines is 1. The van der Waals surface area contributed by atoms with Crippen molar-refractivity contribution in [3.8, 4) is 0 Å². The van der Waals surface area contributed by atoms with Crippen LogP contribution in [-0.4, -0.2) is 36.5 Å². The second kappa shape index (κ2) is 5.85. The number of amides is 1. The van der Waals surface area contributed by atoms with E-state index in [0.717, 1.165) is 0 Å². The van der Waals surface area contributed by atoms with Gasteiger partial charge >= 0.3 is 0 Å². The summed E-state index contributed by atoms with van der Waals surface area (Å²) >= 11 is 6.07. The molecule has 2 fully saturated rings. The highest BCUT2D eigenvalue weighted by molar-refractivity contribution is 6.34. The first-order valence-corrected chi connectivity index (χ1v) is 7.98. The van der Waals surface area contributed by atoms with Crippen molar-refractivity contribution in [3.05, 3.63) is 28.8 Å². The van der Waals surface area contributed by atoms with Crippen molar-refractivity contribution in [2.45, 2.75) is 37.8 Å². The lowest BCUT2D eigenvalue weighted by Gasteiger charge is -2.36. The summed E-state index contributed by atoms with van der Waals surface area (Å²) in [5.41, 5.74) is 6.68. The molecule has 0 spiro atoms. The number of halogens is 1. The summed E-state index contributed by atoms with van der Waals surface area (Å²) in [6.45, 7) is 0.713. The molecule has 3 rings (SSSR count). The Morgan fingerprint density at radius 3 is 2.67 bits per heavy atom. The zero-order valence-corrected chi connectivity index (χ0v) is 13.1. The van der Waals surface area contributed by atoms with Gasteiger partial charge in [-0.25, -0.2) is 0 Å². The lowest BCUT2D eigenvalue weighted by molar-refractivity contribution is 0.0918. The van der Waals surface area contributed by atoms with Crippen LogP contribution in [0.2, 0.25) is 5.02 Å². The smallest absolute Gasteiger partial charge is 0.254 e. The molecule has 0 radical (unpaired) electrons. The van der Waals surface area contributed by atoms with E-state index in [9.17, 15) is 4.79 Å². The largest absolute Gasteiger partial charge is 0.398 e. The Balaban J connectivity index is 1.60. The van der Waals surface area contributed by atoms with Gasteiger partial charge in [-0.15, -0.1) is 0 Å². The number of nitrogens with two attached hydrogens (primary N) is 1. The summed E-state index contributed by atoms with van der Waals surface area (Å²) in [4.78, 5) is 14.8. The Morgan fingerprint density at radius 2 is 2.05 bits per heavy atom. The maximum absolute atomic E-state index is 12.3. The van der Waals surface area contributed by atoms with Crippen molar-refractivity contribution in [3.63, 3.8) is 0 Å². The number of hydrogen-bond donors (Lipinski definition) is 2. The lowest BCUT2D eigenvalue weighted by Crippen LogP contribution is -2.43. The fraction of sp³-hybridized carbons (Fsp3) is 0.562. The van der Waals surface area contributed by atoms with Crippen LogP contribution in [0.4, 0.5) is 5.69 Å². The summed E-state index contributed by atoms with van der Waals surface area (Å²) in [5, 5.41) is 3.43. The van der Waals surface area contributed by atoms with Gasteiger partial charge in [0.1, 0.15) is 0 Å². The number of hydrogen-bond acceptors (Lipinski definition) is 3. The fourth-order valence-corrected chi connectivity index (χ4v) is 4.06. The van der Waals surface area contributed by atoms with E-state index in [1.54, 1.807) is 18.2 Å². The van der Waals surface area contributed by atoms with Gasteiger partial charge in [-0.3, -0.25) is 4.79 Å². The van der Waals surface area contributed by atoms with Crippen molar-refractivity contribution in [1.29, 1.82) is 0 Å². The third kappa shape index (κ3) is 2.87. The molecule has 4 nitrogen and oxygen atoms in total. The number of nitrogen functional groups attached to an aromatic ring is 1. The summed E-state index contributed by atoms with van der Waals surface area (Å²) in [7, 11) is 2.22. The number of nitrogens with zero attached hydrogens (tertiary/aromatic N) is 1. The van der Waals surface area contributed by atoms with Crippen molar-refractivity contribution in [2.24, 2.45) is 5.92 Å². The van der Waals surface area contributed by atoms with Crippen LogP contribution in [-0.2, 0) is 0 Å². The molecular weight excluding hydrogens is 286 g/mol. The topological polar surface area (TPSA) is 58.4 Å². The van der Waals surface area contributed by atoms with Crippen molar-refractivity contribution >= 4 is 23.2 Å². The van der Waals surface area contributed by atoms with Crippen LogP contribution in [0, 0.1) is 5.92 Å². The zero-order valence-electron chi connectivity index (χ0n) is 12.3. The zero-order chi connectivity index (χ0) is 15.0. The predicted molar refractivity (Wildman–Crippen MR) is 85.5 cm³/mol. The molecule has 0 saturated carbocycles. The fourth-order valence-electron chi connectivity index (χ4n) is 3.80. The van der Waals surface area contributed by atoms with E-state index in [1.807, 2.05) is 0 Å². The molecule has 2 aliphatic heterocycles. The minimum atomic E-state index is -0.163. The summed E-state index contributed by atoms with van der Waals surface area (Å²) in [5.74, 6) is 0.399. The highest BCUT2D eigenvalue weighted by Gasteiger charge is 2.38. The van der Waals surface area contributed by atoms with Gasteiger partial charge < -0.3 is 16.0 Å². The Kier molecular flexibility index (Phi) is 4.09. The van der Waals surface area contributed by atoms with E-state index in [1.165, 1.54) is 25.7 Å². The molecule has 0 aromatic heterocycles. The molecule has 3 N–H and O–H groups in total. The molecular formula is C16H22ClN3O. The van der Waals surface area contributed by atoms with Crippen molar-refractivity contribution in [1.82, 2.24) is 10.2 Å². The number of carbonyl (C=O) groups is 1. The van der Waals surface area contributed by atoms with Crippen LogP contribution in [0.3, 0.4) is 0 Å². The summed E-state index contributed by atoms with van der Waals surface area (Å²) in [6, 6.07) is 6.54. The minimum Gasteiger partial charge on any atom is -0.398 e. The summed E-state index contributed by atoms with van der Waals surface area (Å²) < 4.78 is 0. The first-order valence-electron chi connectivity index (χ1n) is 7.60. The maximum atomic E-state index is 12.3. The molecule has 5 heteroatoms. The molecule has 2 heterocycles. The van der Waals surface area contributed by atoms with E-state index in [0.29, 0.717) is 40.8 Å². The van der Waals surface area contributed by atoms with Gasteiger partial charge in [0.15, 0.2) is 0 Å². The Bertz CT molecular complexity index is 514. The Hall–Kier alpha value is -1.26. The lowest BCUT2D eigenvalue weighted by atomic mass is 9.91. The highest BCUT2D eigenvalue weighted by Crippen LogP contribution is 2.37. The van der Waals surface area contributed by atoms with Gasteiger partial charge in [-0.05, 0) is 50.8 Å². The van der Waals surface area contributed by atoms with Crippen LogP contribution >= 0.6 is 11.6 Å². The molecule has 2 bridgehead atoms. The molecule has 114 valence electrons. The number of benzene rings is 1. The van der Waals surface area contributed by atoms with E-state index in [4.69, 9.17) is 17.3 Å². The van der Waals surface area contributed by atoms with Crippen LogP contribution in [0.25, 0.3) is 0 Å². The Labute approximate surface area is 130 Å². The van der Waals surface area contributed by atoms with Gasteiger partial charge in [-0.1, -0.05) is 17.7 Å². The van der Waals surface area contributed by atoms with Crippen LogP contribution in [0.15, 0.2) is 18.2 Å². The maximum Gasteiger partial charge on any atom is 0.254 e. The standard InChI is InChI=1S/C16H22ClN3O/c1-20-11-5-6-12(20)8-10(7-11)9-19-16(21)15-13(17)3-2-4-14(15)18/h2-4,10-12H,5-9,18H2,1H3,(H,19,21). The van der Waals surface area contributed by atoms with Gasteiger partial charge in [0.25, 0.3) is 5.91 Å². The number of fused-ring (bicyclic) bond motifs is 2. The normalized spacial score (nSPS) is 28.6. The number of piperidine rings is 1. The second-order valence-electron chi connectivity index (χ2n) is 6.30. The minimum absolute atomic E-state index is 0.163. The van der Waals surface area contributed by atoms with Crippen LogP contribution in [0.5, 0.6) is 0 Å². The van der Waals surface area contributed by atoms with Gasteiger partial charge in [0, 0.05) is 24.3 Å². The molecule has 21 heavy (non-hydrogen) atoms. The molecule has 1 aromatic carbocycles. The molecule has 2 atom stereocenters. The average Bonchev–Trinajstić information content (AvgIpc) is 2.67. The van der Waals surface area contributed by atoms with Gasteiger partial charge in [-0.2, -0.15) is 0 Å². The molecule has 0 aliphatic carbocycles. The molecule has 1 aromatic rings. The van der Waals surface area contributed by atoms with Crippen LogP contribution < -0.4 is 11.1 Å². The SMILES string of the molecule is CN1C2CCC1CC(CNC(=O)c1c(N)cccc1Cl)C2. The second-order valence-corrected chi connectivity index (χ2v) is 6.71. The molecule has 1 amide bonds. The quantitative estimate of drug-likeness (QED) is 0.844. The first-order chi connectivity index (χ1) is 10.1. The first kappa shape index (κ1) is 14.7. The molecule has 2 unspecified atom stereocenters. The van der Waals surface area contributed by atoms with E-state index in [2.05, 4.69) is 17.3 Å². The third-order valence-electron chi connectivity index (χ3n) is 5.02. The van der Waals surface area contributed by atoms with E-state index >= 15 is 0 Å². The van der Waals surface area contributed by atoms with Gasteiger partial charge in [0.2, 0.25) is 0 Å². The van der Waals surface area contributed by atoms with E-state index in [-0.39, 0.29) is 5.91 Å². The van der Waals surface area contributed by atoms with E-state index < -0.39 is 0 Å². The third-order valence-corrected chi connectivity index (χ3v) is 5.34. The molecule has 2 aliphatic rings. The number of rotatable bonds is 3. The number of nitrogens with one attached hydrogen (secondary N) is 1. The predicted octanol–water partition coefficient (Wildman–Crippen LogP) is 2.52. The highest BCUT2D eigenvalue weighted by atomic mass is 35.5.